The minimum absolute atomic E-state index is 0.285. The third kappa shape index (κ3) is 5.22. The van der Waals surface area contributed by atoms with Crippen LogP contribution in [0.1, 0.15) is 41.6 Å². The van der Waals surface area contributed by atoms with E-state index < -0.39 is 0 Å². The second-order valence-corrected chi connectivity index (χ2v) is 5.80. The molecule has 0 bridgehead atoms. The SMILES string of the molecule is CCCCN(Cc1ccccc1)Cc1ccc(C(=O)N(C)OC)o1. The Balaban J connectivity index is 2.03. The van der Waals surface area contributed by atoms with E-state index in [0.29, 0.717) is 12.3 Å². The number of rotatable bonds is 9. The maximum atomic E-state index is 12.0. The summed E-state index contributed by atoms with van der Waals surface area (Å²) < 4.78 is 5.70. The number of hydrogen-bond donors (Lipinski definition) is 0. The smallest absolute Gasteiger partial charge is 0.312 e. The van der Waals surface area contributed by atoms with Crippen molar-refractivity contribution in [2.24, 2.45) is 0 Å². The quantitative estimate of drug-likeness (QED) is 0.658. The van der Waals surface area contributed by atoms with Crippen molar-refractivity contribution in [1.82, 2.24) is 9.96 Å². The molecule has 0 aliphatic heterocycles. The molecule has 0 atom stereocenters. The Morgan fingerprint density at radius 3 is 2.54 bits per heavy atom. The molecule has 1 aromatic heterocycles. The Bertz CT molecular complexity index is 625. The fraction of sp³-hybridized carbons (Fsp3) is 0.421. The summed E-state index contributed by atoms with van der Waals surface area (Å²) in [5.74, 6) is 0.798. The molecule has 0 unspecified atom stereocenters. The normalized spacial score (nSPS) is 11.0. The molecule has 1 heterocycles. The largest absolute Gasteiger partial charge is 0.454 e. The molecule has 2 rings (SSSR count). The van der Waals surface area contributed by atoms with Crippen LogP contribution in [0.2, 0.25) is 0 Å². The van der Waals surface area contributed by atoms with E-state index in [1.54, 1.807) is 13.1 Å². The number of hydroxylamine groups is 2. The molecule has 2 aromatic rings. The first kappa shape index (κ1) is 18.2. The topological polar surface area (TPSA) is 45.9 Å². The van der Waals surface area contributed by atoms with Crippen molar-refractivity contribution in [2.45, 2.75) is 32.9 Å². The van der Waals surface area contributed by atoms with Gasteiger partial charge in [0, 0.05) is 13.6 Å². The maximum absolute atomic E-state index is 12.0. The van der Waals surface area contributed by atoms with Crippen molar-refractivity contribution in [1.29, 1.82) is 0 Å². The van der Waals surface area contributed by atoms with Gasteiger partial charge in [-0.2, -0.15) is 0 Å². The molecule has 1 aromatic carbocycles. The lowest BCUT2D eigenvalue weighted by Gasteiger charge is -2.21. The van der Waals surface area contributed by atoms with Crippen LogP contribution in [0.5, 0.6) is 0 Å². The lowest BCUT2D eigenvalue weighted by molar-refractivity contribution is -0.0774. The van der Waals surface area contributed by atoms with Crippen LogP contribution in [0.4, 0.5) is 0 Å². The highest BCUT2D eigenvalue weighted by Gasteiger charge is 2.17. The van der Waals surface area contributed by atoms with Crippen molar-refractivity contribution < 1.29 is 14.0 Å². The van der Waals surface area contributed by atoms with Crippen LogP contribution in [-0.2, 0) is 17.9 Å². The van der Waals surface area contributed by atoms with E-state index in [0.717, 1.165) is 36.8 Å². The van der Waals surface area contributed by atoms with Crippen LogP contribution < -0.4 is 0 Å². The minimum atomic E-state index is -0.285. The van der Waals surface area contributed by atoms with Gasteiger partial charge in [0.1, 0.15) is 5.76 Å². The van der Waals surface area contributed by atoms with E-state index in [2.05, 4.69) is 36.1 Å². The molecule has 5 nitrogen and oxygen atoms in total. The monoisotopic (exact) mass is 330 g/mol. The van der Waals surface area contributed by atoms with Gasteiger partial charge in [0.25, 0.3) is 0 Å². The molecule has 1 amide bonds. The molecule has 0 aliphatic carbocycles. The summed E-state index contributed by atoms with van der Waals surface area (Å²) in [4.78, 5) is 19.3. The number of furan rings is 1. The van der Waals surface area contributed by atoms with Gasteiger partial charge in [-0.1, -0.05) is 43.7 Å². The zero-order valence-corrected chi connectivity index (χ0v) is 14.7. The van der Waals surface area contributed by atoms with E-state index in [1.807, 2.05) is 12.1 Å². The minimum Gasteiger partial charge on any atom is -0.454 e. The highest BCUT2D eigenvalue weighted by Crippen LogP contribution is 2.15. The molecule has 0 radical (unpaired) electrons. The van der Waals surface area contributed by atoms with Gasteiger partial charge >= 0.3 is 5.91 Å². The summed E-state index contributed by atoms with van der Waals surface area (Å²) in [7, 11) is 3.02. The zero-order chi connectivity index (χ0) is 17.4. The first-order chi connectivity index (χ1) is 11.6. The van der Waals surface area contributed by atoms with Crippen molar-refractivity contribution in [3.05, 3.63) is 59.5 Å². The molecular formula is C19H26N2O3. The predicted molar refractivity (Wildman–Crippen MR) is 93.3 cm³/mol. The molecule has 0 spiro atoms. The van der Waals surface area contributed by atoms with Crippen LogP contribution in [0.15, 0.2) is 46.9 Å². The van der Waals surface area contributed by atoms with E-state index in [9.17, 15) is 4.79 Å². The first-order valence-corrected chi connectivity index (χ1v) is 8.31. The Labute approximate surface area is 143 Å². The third-order valence-corrected chi connectivity index (χ3v) is 3.89. The molecule has 5 heteroatoms. The molecule has 130 valence electrons. The van der Waals surface area contributed by atoms with Crippen molar-refractivity contribution in [2.75, 3.05) is 20.7 Å². The summed E-state index contributed by atoms with van der Waals surface area (Å²) in [5, 5.41) is 1.15. The van der Waals surface area contributed by atoms with E-state index in [-0.39, 0.29) is 5.91 Å². The fourth-order valence-corrected chi connectivity index (χ4v) is 2.47. The molecule has 0 saturated heterocycles. The van der Waals surface area contributed by atoms with Gasteiger partial charge in [-0.05, 0) is 30.7 Å². The number of amides is 1. The van der Waals surface area contributed by atoms with Gasteiger partial charge < -0.3 is 4.42 Å². The van der Waals surface area contributed by atoms with Gasteiger partial charge in [-0.3, -0.25) is 14.5 Å². The lowest BCUT2D eigenvalue weighted by Crippen LogP contribution is -2.25. The predicted octanol–water partition coefficient (Wildman–Crippen LogP) is 3.72. The summed E-state index contributed by atoms with van der Waals surface area (Å²) in [6.07, 6.45) is 2.28. The van der Waals surface area contributed by atoms with Crippen LogP contribution in [0, 0.1) is 0 Å². The number of carbonyl (C=O) groups is 1. The number of carbonyl (C=O) groups excluding carboxylic acids is 1. The average Bonchev–Trinajstić information content (AvgIpc) is 3.07. The second-order valence-electron chi connectivity index (χ2n) is 5.80. The number of benzene rings is 1. The highest BCUT2D eigenvalue weighted by atomic mass is 16.7. The number of hydrogen-bond acceptors (Lipinski definition) is 4. The average molecular weight is 330 g/mol. The summed E-state index contributed by atoms with van der Waals surface area (Å²) in [6.45, 7) is 4.72. The van der Waals surface area contributed by atoms with E-state index in [4.69, 9.17) is 9.25 Å². The van der Waals surface area contributed by atoms with Crippen LogP contribution in [-0.4, -0.2) is 36.6 Å². The van der Waals surface area contributed by atoms with Crippen molar-refractivity contribution >= 4 is 5.91 Å². The van der Waals surface area contributed by atoms with Crippen molar-refractivity contribution in [3.63, 3.8) is 0 Å². The molecule has 0 saturated carbocycles. The van der Waals surface area contributed by atoms with E-state index >= 15 is 0 Å². The molecule has 0 N–H and O–H groups in total. The Morgan fingerprint density at radius 1 is 1.12 bits per heavy atom. The maximum Gasteiger partial charge on any atom is 0.312 e. The summed E-state index contributed by atoms with van der Waals surface area (Å²) in [6, 6.07) is 14.0. The fourth-order valence-electron chi connectivity index (χ4n) is 2.47. The Hall–Kier alpha value is -2.11. The van der Waals surface area contributed by atoms with Gasteiger partial charge in [0.05, 0.1) is 13.7 Å². The van der Waals surface area contributed by atoms with Gasteiger partial charge in [-0.15, -0.1) is 0 Å². The van der Waals surface area contributed by atoms with E-state index in [1.165, 1.54) is 12.7 Å². The van der Waals surface area contributed by atoms with Crippen LogP contribution >= 0.6 is 0 Å². The van der Waals surface area contributed by atoms with Crippen LogP contribution in [0.25, 0.3) is 0 Å². The molecule has 24 heavy (non-hydrogen) atoms. The molecular weight excluding hydrogens is 304 g/mol. The molecule has 0 aliphatic rings. The van der Waals surface area contributed by atoms with Gasteiger partial charge in [-0.25, -0.2) is 5.06 Å². The Kier molecular flexibility index (Phi) is 7.03. The number of unbranched alkanes of at least 4 members (excludes halogenated alkanes) is 1. The van der Waals surface area contributed by atoms with Gasteiger partial charge in [0.2, 0.25) is 0 Å². The Morgan fingerprint density at radius 2 is 1.88 bits per heavy atom. The first-order valence-electron chi connectivity index (χ1n) is 8.31. The summed E-state index contributed by atoms with van der Waals surface area (Å²) in [5.41, 5.74) is 1.27. The second kappa shape index (κ2) is 9.25. The highest BCUT2D eigenvalue weighted by molar-refractivity contribution is 5.90. The standard InChI is InChI=1S/C19H26N2O3/c1-4-5-13-21(14-16-9-7-6-8-10-16)15-17-11-12-18(24-17)19(22)20(2)23-3/h6-12H,4-5,13-15H2,1-3H3. The zero-order valence-electron chi connectivity index (χ0n) is 14.7. The summed E-state index contributed by atoms with van der Waals surface area (Å²) >= 11 is 0. The third-order valence-electron chi connectivity index (χ3n) is 3.89. The lowest BCUT2D eigenvalue weighted by atomic mass is 10.2. The van der Waals surface area contributed by atoms with Gasteiger partial charge in [0.15, 0.2) is 5.76 Å². The molecule has 0 fully saturated rings. The van der Waals surface area contributed by atoms with Crippen molar-refractivity contribution in [3.8, 4) is 0 Å². The number of nitrogens with zero attached hydrogens (tertiary/aromatic N) is 2. The van der Waals surface area contributed by atoms with Crippen LogP contribution in [0.3, 0.4) is 0 Å².